The van der Waals surface area contributed by atoms with Gasteiger partial charge in [-0.2, -0.15) is 0 Å². The van der Waals surface area contributed by atoms with E-state index in [4.69, 9.17) is 4.74 Å². The highest BCUT2D eigenvalue weighted by molar-refractivity contribution is 4.99. The molecular weight excluding hydrogens is 176 g/mol. The molecule has 0 aromatic rings. The van der Waals surface area contributed by atoms with Gasteiger partial charge in [-0.1, -0.05) is 0 Å². The summed E-state index contributed by atoms with van der Waals surface area (Å²) in [6.07, 6.45) is 3.92. The summed E-state index contributed by atoms with van der Waals surface area (Å²) in [6.45, 7) is 6.60. The zero-order valence-corrected chi connectivity index (χ0v) is 9.38. The fourth-order valence-electron chi connectivity index (χ4n) is 2.74. The molecule has 0 amide bonds. The van der Waals surface area contributed by atoms with Crippen LogP contribution in [0.1, 0.15) is 26.2 Å². The number of ether oxygens (including phenoxy) is 1. The largest absolute Gasteiger partial charge is 0.379 e. The van der Waals surface area contributed by atoms with Gasteiger partial charge in [0.15, 0.2) is 0 Å². The highest BCUT2D eigenvalue weighted by atomic mass is 16.5. The number of likely N-dealkylation sites (N-methyl/N-ethyl adjacent to an activating group) is 1. The Morgan fingerprint density at radius 1 is 1.50 bits per heavy atom. The second kappa shape index (κ2) is 4.17. The summed E-state index contributed by atoms with van der Waals surface area (Å²) in [5.74, 6) is 0. The van der Waals surface area contributed by atoms with Gasteiger partial charge in [-0.15, -0.1) is 0 Å². The standard InChI is InChI=1S/C11H22N2O/c1-10(12-2)8-13-6-3-4-11(13)5-7-14-9-11/h10,12H,3-9H2,1-2H3/t10-,11?/m0/s1. The van der Waals surface area contributed by atoms with E-state index in [2.05, 4.69) is 17.1 Å². The van der Waals surface area contributed by atoms with Crippen LogP contribution in [0.25, 0.3) is 0 Å². The van der Waals surface area contributed by atoms with Gasteiger partial charge in [-0.3, -0.25) is 4.90 Å². The summed E-state index contributed by atoms with van der Waals surface area (Å²) in [5.41, 5.74) is 0.408. The lowest BCUT2D eigenvalue weighted by molar-refractivity contribution is 0.0954. The van der Waals surface area contributed by atoms with Gasteiger partial charge in [0.2, 0.25) is 0 Å². The first-order chi connectivity index (χ1) is 6.77. The molecule has 0 aromatic heterocycles. The third-order valence-electron chi connectivity index (χ3n) is 3.81. The topological polar surface area (TPSA) is 24.5 Å². The van der Waals surface area contributed by atoms with Gasteiger partial charge in [-0.25, -0.2) is 0 Å². The van der Waals surface area contributed by atoms with E-state index in [0.717, 1.165) is 13.2 Å². The Morgan fingerprint density at radius 3 is 3.00 bits per heavy atom. The SMILES string of the molecule is CN[C@@H](C)CN1CCCC12CCOC2. The normalized spacial score (nSPS) is 35.6. The van der Waals surface area contributed by atoms with E-state index in [9.17, 15) is 0 Å². The predicted molar refractivity (Wildman–Crippen MR) is 57.5 cm³/mol. The molecule has 14 heavy (non-hydrogen) atoms. The summed E-state index contributed by atoms with van der Waals surface area (Å²) < 4.78 is 5.57. The molecule has 0 aromatic carbocycles. The molecule has 2 fully saturated rings. The summed E-state index contributed by atoms with van der Waals surface area (Å²) in [4.78, 5) is 2.64. The van der Waals surface area contributed by atoms with Crippen molar-refractivity contribution in [2.75, 3.05) is 33.4 Å². The molecule has 1 N–H and O–H groups in total. The van der Waals surface area contributed by atoms with Gasteiger partial charge in [0.25, 0.3) is 0 Å². The number of hydrogen-bond acceptors (Lipinski definition) is 3. The molecule has 2 aliphatic rings. The molecule has 0 aliphatic carbocycles. The van der Waals surface area contributed by atoms with Crippen molar-refractivity contribution in [2.24, 2.45) is 0 Å². The average molecular weight is 198 g/mol. The second-order valence-corrected chi connectivity index (χ2v) is 4.77. The maximum atomic E-state index is 5.57. The Kier molecular flexibility index (Phi) is 3.10. The van der Waals surface area contributed by atoms with Crippen molar-refractivity contribution in [3.8, 4) is 0 Å². The number of nitrogens with one attached hydrogen (secondary N) is 1. The number of rotatable bonds is 3. The molecular formula is C11H22N2O. The zero-order chi connectivity index (χ0) is 10.0. The Labute approximate surface area is 86.8 Å². The van der Waals surface area contributed by atoms with Gasteiger partial charge in [0.1, 0.15) is 0 Å². The fraction of sp³-hybridized carbons (Fsp3) is 1.00. The van der Waals surface area contributed by atoms with Crippen molar-refractivity contribution in [2.45, 2.75) is 37.8 Å². The average Bonchev–Trinajstić information content (AvgIpc) is 2.79. The Hall–Kier alpha value is -0.120. The van der Waals surface area contributed by atoms with E-state index in [1.807, 2.05) is 7.05 Å². The van der Waals surface area contributed by atoms with Crippen LogP contribution in [-0.4, -0.2) is 49.8 Å². The van der Waals surface area contributed by atoms with Crippen LogP contribution in [-0.2, 0) is 4.74 Å². The molecule has 2 rings (SSSR count). The van der Waals surface area contributed by atoms with Crippen molar-refractivity contribution in [1.29, 1.82) is 0 Å². The summed E-state index contributed by atoms with van der Waals surface area (Å²) >= 11 is 0. The first kappa shape index (κ1) is 10.4. The van der Waals surface area contributed by atoms with Crippen LogP contribution in [0.4, 0.5) is 0 Å². The molecule has 2 atom stereocenters. The molecule has 0 saturated carbocycles. The molecule has 2 heterocycles. The minimum atomic E-state index is 0.408. The van der Waals surface area contributed by atoms with Gasteiger partial charge in [0.05, 0.1) is 6.61 Å². The first-order valence-corrected chi connectivity index (χ1v) is 5.77. The lowest BCUT2D eigenvalue weighted by Crippen LogP contribution is -2.49. The van der Waals surface area contributed by atoms with Crippen molar-refractivity contribution in [3.05, 3.63) is 0 Å². The number of likely N-dealkylation sites (tertiary alicyclic amines) is 1. The minimum Gasteiger partial charge on any atom is -0.379 e. The van der Waals surface area contributed by atoms with Gasteiger partial charge in [0, 0.05) is 24.7 Å². The van der Waals surface area contributed by atoms with E-state index in [0.29, 0.717) is 11.6 Å². The van der Waals surface area contributed by atoms with Crippen LogP contribution in [0.5, 0.6) is 0 Å². The first-order valence-electron chi connectivity index (χ1n) is 5.77. The minimum absolute atomic E-state index is 0.408. The van der Waals surface area contributed by atoms with Crippen LogP contribution in [0.15, 0.2) is 0 Å². The third kappa shape index (κ3) is 1.81. The van der Waals surface area contributed by atoms with Gasteiger partial charge < -0.3 is 10.1 Å². The van der Waals surface area contributed by atoms with E-state index in [1.165, 1.54) is 32.4 Å². The molecule has 3 heteroatoms. The highest BCUT2D eigenvalue weighted by Crippen LogP contribution is 2.36. The lowest BCUT2D eigenvalue weighted by Gasteiger charge is -2.35. The van der Waals surface area contributed by atoms with Gasteiger partial charge >= 0.3 is 0 Å². The van der Waals surface area contributed by atoms with E-state index in [1.54, 1.807) is 0 Å². The lowest BCUT2D eigenvalue weighted by atomic mass is 9.95. The van der Waals surface area contributed by atoms with E-state index < -0.39 is 0 Å². The van der Waals surface area contributed by atoms with Crippen LogP contribution < -0.4 is 5.32 Å². The van der Waals surface area contributed by atoms with Crippen LogP contribution in [0, 0.1) is 0 Å². The van der Waals surface area contributed by atoms with Crippen molar-refractivity contribution >= 4 is 0 Å². The number of nitrogens with zero attached hydrogens (tertiary/aromatic N) is 1. The van der Waals surface area contributed by atoms with E-state index >= 15 is 0 Å². The summed E-state index contributed by atoms with van der Waals surface area (Å²) in [6, 6.07) is 0.588. The zero-order valence-electron chi connectivity index (χ0n) is 9.38. The molecule has 2 saturated heterocycles. The Bertz CT molecular complexity index is 184. The summed E-state index contributed by atoms with van der Waals surface area (Å²) in [7, 11) is 2.04. The third-order valence-corrected chi connectivity index (χ3v) is 3.81. The molecule has 1 spiro atoms. The molecule has 3 nitrogen and oxygen atoms in total. The van der Waals surface area contributed by atoms with Crippen molar-refractivity contribution in [1.82, 2.24) is 10.2 Å². The highest BCUT2D eigenvalue weighted by Gasteiger charge is 2.43. The van der Waals surface area contributed by atoms with Gasteiger partial charge in [-0.05, 0) is 39.8 Å². The molecule has 2 aliphatic heterocycles. The van der Waals surface area contributed by atoms with E-state index in [-0.39, 0.29) is 0 Å². The molecule has 82 valence electrons. The Morgan fingerprint density at radius 2 is 2.36 bits per heavy atom. The maximum absolute atomic E-state index is 5.57. The summed E-state index contributed by atoms with van der Waals surface area (Å²) in [5, 5.41) is 3.32. The fourth-order valence-corrected chi connectivity index (χ4v) is 2.74. The number of hydrogen-bond donors (Lipinski definition) is 1. The van der Waals surface area contributed by atoms with Crippen LogP contribution in [0.3, 0.4) is 0 Å². The Balaban J connectivity index is 1.96. The molecule has 0 bridgehead atoms. The second-order valence-electron chi connectivity index (χ2n) is 4.77. The van der Waals surface area contributed by atoms with Crippen molar-refractivity contribution in [3.63, 3.8) is 0 Å². The van der Waals surface area contributed by atoms with Crippen LogP contribution >= 0.6 is 0 Å². The molecule has 0 radical (unpaired) electrons. The maximum Gasteiger partial charge on any atom is 0.0651 e. The quantitative estimate of drug-likeness (QED) is 0.727. The smallest absolute Gasteiger partial charge is 0.0651 e. The monoisotopic (exact) mass is 198 g/mol. The van der Waals surface area contributed by atoms with Crippen LogP contribution in [0.2, 0.25) is 0 Å². The predicted octanol–water partition coefficient (Wildman–Crippen LogP) is 0.849. The molecule has 1 unspecified atom stereocenters. The van der Waals surface area contributed by atoms with Crippen molar-refractivity contribution < 1.29 is 4.74 Å².